The van der Waals surface area contributed by atoms with Crippen LogP contribution in [0.4, 0.5) is 18.9 Å². The average molecular weight is 393 g/mol. The van der Waals surface area contributed by atoms with Gasteiger partial charge >= 0.3 is 6.18 Å². The number of carbonyl (C=O) groups excluding carboxylic acids is 3. The van der Waals surface area contributed by atoms with Crippen molar-refractivity contribution in [3.63, 3.8) is 0 Å². The first-order chi connectivity index (χ1) is 13.1. The van der Waals surface area contributed by atoms with Crippen LogP contribution in [0, 0.1) is 0 Å². The Kier molecular flexibility index (Phi) is 6.40. The molecule has 0 bridgehead atoms. The van der Waals surface area contributed by atoms with Crippen molar-refractivity contribution < 1.29 is 27.6 Å². The molecular formula is C19H18F3N3O3. The summed E-state index contributed by atoms with van der Waals surface area (Å²) in [6.45, 7) is 1.28. The fraction of sp³-hybridized carbons (Fsp3) is 0.211. The molecule has 9 heteroatoms. The van der Waals surface area contributed by atoms with Crippen LogP contribution in [0.5, 0.6) is 0 Å². The van der Waals surface area contributed by atoms with E-state index in [4.69, 9.17) is 5.73 Å². The number of hydrogen-bond acceptors (Lipinski definition) is 3. The van der Waals surface area contributed by atoms with Gasteiger partial charge in [-0.2, -0.15) is 13.2 Å². The number of halogens is 3. The number of amides is 3. The largest absolute Gasteiger partial charge is 0.416 e. The molecule has 6 nitrogen and oxygen atoms in total. The number of alkyl halides is 3. The summed E-state index contributed by atoms with van der Waals surface area (Å²) in [5, 5.41) is 4.96. The van der Waals surface area contributed by atoms with E-state index < -0.39 is 29.6 Å². The smallest absolute Gasteiger partial charge is 0.368 e. The standard InChI is InChI=1S/C19H18F3N3O3/c1-11(26)24-15-5-3-2-4-14(15)18(28)25-16(17(23)27)10-12-6-8-13(9-7-12)19(20,21)22/h2-9,16H,10H2,1H3,(H2,23,27)(H,24,26)(H,25,28)/t16-/m1/s1. The van der Waals surface area contributed by atoms with Crippen LogP contribution in [0.15, 0.2) is 48.5 Å². The Morgan fingerprint density at radius 1 is 1.04 bits per heavy atom. The number of nitrogens with one attached hydrogen (secondary N) is 2. The number of para-hydroxylation sites is 1. The molecule has 3 amide bonds. The summed E-state index contributed by atoms with van der Waals surface area (Å²) < 4.78 is 37.9. The summed E-state index contributed by atoms with van der Waals surface area (Å²) in [6.07, 6.45) is -4.55. The van der Waals surface area contributed by atoms with Gasteiger partial charge in [-0.3, -0.25) is 14.4 Å². The van der Waals surface area contributed by atoms with Gasteiger partial charge in [0.25, 0.3) is 5.91 Å². The van der Waals surface area contributed by atoms with Gasteiger partial charge in [-0.25, -0.2) is 0 Å². The zero-order chi connectivity index (χ0) is 20.9. The Labute approximate surface area is 158 Å². The van der Waals surface area contributed by atoms with Gasteiger partial charge < -0.3 is 16.4 Å². The van der Waals surface area contributed by atoms with E-state index in [0.717, 1.165) is 12.1 Å². The van der Waals surface area contributed by atoms with Crippen LogP contribution < -0.4 is 16.4 Å². The van der Waals surface area contributed by atoms with Gasteiger partial charge in [-0.15, -0.1) is 0 Å². The van der Waals surface area contributed by atoms with Gasteiger partial charge in [0.2, 0.25) is 11.8 Å². The van der Waals surface area contributed by atoms with E-state index in [1.54, 1.807) is 12.1 Å². The topological polar surface area (TPSA) is 101 Å². The predicted octanol–water partition coefficient (Wildman–Crippen LogP) is 2.49. The molecule has 2 aromatic rings. The number of rotatable bonds is 6. The van der Waals surface area contributed by atoms with E-state index in [-0.39, 0.29) is 23.6 Å². The second kappa shape index (κ2) is 8.55. The van der Waals surface area contributed by atoms with Crippen LogP contribution in [-0.2, 0) is 22.2 Å². The lowest BCUT2D eigenvalue weighted by Crippen LogP contribution is -2.46. The summed E-state index contributed by atoms with van der Waals surface area (Å²) in [7, 11) is 0. The Hall–Kier alpha value is -3.36. The summed E-state index contributed by atoms with van der Waals surface area (Å²) in [5.74, 6) is -1.87. The van der Waals surface area contributed by atoms with E-state index in [0.29, 0.717) is 5.56 Å². The molecule has 0 fully saturated rings. The van der Waals surface area contributed by atoms with E-state index >= 15 is 0 Å². The molecule has 0 aliphatic carbocycles. The van der Waals surface area contributed by atoms with E-state index in [9.17, 15) is 27.6 Å². The molecule has 0 spiro atoms. The molecule has 0 aliphatic heterocycles. The van der Waals surface area contributed by atoms with Crippen molar-refractivity contribution in [2.45, 2.75) is 25.6 Å². The first kappa shape index (κ1) is 20.9. The van der Waals surface area contributed by atoms with Crippen LogP contribution >= 0.6 is 0 Å². The Morgan fingerprint density at radius 2 is 1.64 bits per heavy atom. The minimum absolute atomic E-state index is 0.0818. The third-order valence-corrected chi connectivity index (χ3v) is 3.85. The maximum absolute atomic E-state index is 12.6. The lowest BCUT2D eigenvalue weighted by Gasteiger charge is -2.17. The van der Waals surface area contributed by atoms with Crippen LogP contribution in [0.1, 0.15) is 28.4 Å². The van der Waals surface area contributed by atoms with Gasteiger partial charge in [0.05, 0.1) is 16.8 Å². The molecule has 2 rings (SSSR count). The molecule has 0 heterocycles. The van der Waals surface area contributed by atoms with E-state index in [1.807, 2.05) is 0 Å². The lowest BCUT2D eigenvalue weighted by atomic mass is 10.0. The molecule has 148 valence electrons. The molecule has 2 aromatic carbocycles. The zero-order valence-electron chi connectivity index (χ0n) is 14.8. The summed E-state index contributed by atoms with van der Waals surface area (Å²) in [6, 6.07) is 9.25. The Balaban J connectivity index is 2.16. The molecule has 0 aliphatic rings. The highest BCUT2D eigenvalue weighted by molar-refractivity contribution is 6.04. The highest BCUT2D eigenvalue weighted by atomic mass is 19.4. The van der Waals surface area contributed by atoms with Crippen LogP contribution in [-0.4, -0.2) is 23.8 Å². The van der Waals surface area contributed by atoms with Gasteiger partial charge in [-0.1, -0.05) is 24.3 Å². The van der Waals surface area contributed by atoms with Gasteiger partial charge in [0.15, 0.2) is 0 Å². The monoisotopic (exact) mass is 393 g/mol. The molecule has 0 aromatic heterocycles. The predicted molar refractivity (Wildman–Crippen MR) is 96.3 cm³/mol. The van der Waals surface area contributed by atoms with Crippen LogP contribution in [0.3, 0.4) is 0 Å². The summed E-state index contributed by atoms with van der Waals surface area (Å²) in [5.41, 5.74) is 5.28. The first-order valence-corrected chi connectivity index (χ1v) is 8.21. The molecular weight excluding hydrogens is 375 g/mol. The molecule has 0 saturated heterocycles. The van der Waals surface area contributed by atoms with Crippen LogP contribution in [0.25, 0.3) is 0 Å². The van der Waals surface area contributed by atoms with Crippen molar-refractivity contribution in [1.29, 1.82) is 0 Å². The number of anilines is 1. The maximum atomic E-state index is 12.6. The van der Waals surface area contributed by atoms with Crippen molar-refractivity contribution in [3.8, 4) is 0 Å². The van der Waals surface area contributed by atoms with E-state index in [2.05, 4.69) is 10.6 Å². The minimum Gasteiger partial charge on any atom is -0.368 e. The highest BCUT2D eigenvalue weighted by Gasteiger charge is 2.30. The molecule has 28 heavy (non-hydrogen) atoms. The third-order valence-electron chi connectivity index (χ3n) is 3.85. The van der Waals surface area contributed by atoms with Gasteiger partial charge in [0.1, 0.15) is 6.04 Å². The molecule has 0 saturated carbocycles. The molecule has 0 unspecified atom stereocenters. The van der Waals surface area contributed by atoms with Gasteiger partial charge in [-0.05, 0) is 29.8 Å². The fourth-order valence-electron chi connectivity index (χ4n) is 2.50. The number of nitrogens with two attached hydrogens (primary N) is 1. The minimum atomic E-state index is -4.47. The normalized spacial score (nSPS) is 12.1. The average Bonchev–Trinajstić information content (AvgIpc) is 2.60. The molecule has 4 N–H and O–H groups in total. The second-order valence-electron chi connectivity index (χ2n) is 6.05. The second-order valence-corrected chi connectivity index (χ2v) is 6.05. The Morgan fingerprint density at radius 3 is 2.18 bits per heavy atom. The molecule has 1 atom stereocenters. The van der Waals surface area contributed by atoms with Crippen molar-refractivity contribution in [2.75, 3.05) is 5.32 Å². The number of benzene rings is 2. The first-order valence-electron chi connectivity index (χ1n) is 8.21. The number of carbonyl (C=O) groups is 3. The summed E-state index contributed by atoms with van der Waals surface area (Å²) in [4.78, 5) is 35.5. The van der Waals surface area contributed by atoms with Crippen molar-refractivity contribution in [3.05, 3.63) is 65.2 Å². The van der Waals surface area contributed by atoms with E-state index in [1.165, 1.54) is 31.2 Å². The summed E-state index contributed by atoms with van der Waals surface area (Å²) >= 11 is 0. The number of hydrogen-bond donors (Lipinski definition) is 3. The number of primary amides is 1. The lowest BCUT2D eigenvalue weighted by molar-refractivity contribution is -0.137. The van der Waals surface area contributed by atoms with Gasteiger partial charge in [0, 0.05) is 13.3 Å². The fourth-order valence-corrected chi connectivity index (χ4v) is 2.50. The maximum Gasteiger partial charge on any atom is 0.416 e. The zero-order valence-corrected chi connectivity index (χ0v) is 14.8. The quantitative estimate of drug-likeness (QED) is 0.703. The third kappa shape index (κ3) is 5.57. The SMILES string of the molecule is CC(=O)Nc1ccccc1C(=O)N[C@H](Cc1ccc(C(F)(F)F)cc1)C(N)=O. The Bertz CT molecular complexity index is 880. The molecule has 0 radical (unpaired) electrons. The van der Waals surface area contributed by atoms with Crippen molar-refractivity contribution >= 4 is 23.4 Å². The van der Waals surface area contributed by atoms with Crippen molar-refractivity contribution in [2.24, 2.45) is 5.73 Å². The highest BCUT2D eigenvalue weighted by Crippen LogP contribution is 2.29. The van der Waals surface area contributed by atoms with Crippen molar-refractivity contribution in [1.82, 2.24) is 5.32 Å². The van der Waals surface area contributed by atoms with Crippen LogP contribution in [0.2, 0.25) is 0 Å².